The van der Waals surface area contributed by atoms with Crippen molar-refractivity contribution in [2.75, 3.05) is 41.3 Å². The Morgan fingerprint density at radius 1 is 0.767 bits per heavy atom. The van der Waals surface area contributed by atoms with Gasteiger partial charge in [-0.2, -0.15) is 0 Å². The van der Waals surface area contributed by atoms with Crippen LogP contribution in [0.5, 0.6) is 0 Å². The average molecular weight is 397 g/mol. The van der Waals surface area contributed by atoms with Crippen LogP contribution in [0.15, 0.2) is 67.0 Å². The van der Waals surface area contributed by atoms with E-state index in [1.54, 1.807) is 0 Å². The molecule has 7 heteroatoms. The molecule has 3 aromatic heterocycles. The van der Waals surface area contributed by atoms with Crippen molar-refractivity contribution in [3.8, 4) is 0 Å². The molecule has 0 bridgehead atoms. The summed E-state index contributed by atoms with van der Waals surface area (Å²) in [6.07, 6.45) is 3.65. The third-order valence-electron chi connectivity index (χ3n) is 5.30. The zero-order chi connectivity index (χ0) is 20.3. The number of aryl methyl sites for hydroxylation is 1. The Balaban J connectivity index is 1.35. The summed E-state index contributed by atoms with van der Waals surface area (Å²) in [7, 11) is 0. The van der Waals surface area contributed by atoms with E-state index in [-0.39, 0.29) is 0 Å². The normalized spacial score (nSPS) is 14.2. The van der Waals surface area contributed by atoms with Crippen LogP contribution in [-0.4, -0.2) is 46.1 Å². The molecule has 1 aliphatic rings. The number of rotatable bonds is 4. The first-order valence-corrected chi connectivity index (χ1v) is 10.1. The molecule has 0 saturated carbocycles. The molecular formula is C23H23N7. The lowest BCUT2D eigenvalue weighted by Crippen LogP contribution is -2.47. The number of pyridine rings is 2. The van der Waals surface area contributed by atoms with Gasteiger partial charge in [0.25, 0.3) is 0 Å². The number of hydrogen-bond donors (Lipinski definition) is 1. The molecule has 0 amide bonds. The second-order valence-corrected chi connectivity index (χ2v) is 7.33. The lowest BCUT2D eigenvalue weighted by Gasteiger charge is -2.36. The minimum atomic E-state index is 0.746. The first-order chi connectivity index (χ1) is 14.8. The van der Waals surface area contributed by atoms with Crippen molar-refractivity contribution in [3.05, 3.63) is 72.8 Å². The van der Waals surface area contributed by atoms with E-state index in [4.69, 9.17) is 0 Å². The van der Waals surface area contributed by atoms with Crippen LogP contribution in [0.1, 0.15) is 5.82 Å². The number of hydrogen-bond acceptors (Lipinski definition) is 7. The lowest BCUT2D eigenvalue weighted by atomic mass is 10.2. The molecule has 4 heterocycles. The molecule has 1 saturated heterocycles. The largest absolute Gasteiger partial charge is 0.353 e. The number of benzene rings is 1. The fourth-order valence-electron chi connectivity index (χ4n) is 3.83. The van der Waals surface area contributed by atoms with E-state index in [1.807, 2.05) is 55.7 Å². The Morgan fingerprint density at radius 2 is 1.53 bits per heavy atom. The van der Waals surface area contributed by atoms with Gasteiger partial charge in [-0.3, -0.25) is 4.98 Å². The summed E-state index contributed by atoms with van der Waals surface area (Å²) >= 11 is 0. The third kappa shape index (κ3) is 3.74. The molecule has 150 valence electrons. The Morgan fingerprint density at radius 3 is 2.33 bits per heavy atom. The van der Waals surface area contributed by atoms with Crippen LogP contribution < -0.4 is 15.1 Å². The molecule has 30 heavy (non-hydrogen) atoms. The summed E-state index contributed by atoms with van der Waals surface area (Å²) in [5.74, 6) is 3.50. The third-order valence-corrected chi connectivity index (χ3v) is 5.30. The summed E-state index contributed by atoms with van der Waals surface area (Å²) < 4.78 is 0. The van der Waals surface area contributed by atoms with Gasteiger partial charge in [-0.05, 0) is 31.2 Å². The predicted octanol–water partition coefficient (Wildman–Crippen LogP) is 3.80. The zero-order valence-electron chi connectivity index (χ0n) is 16.9. The van der Waals surface area contributed by atoms with Crippen molar-refractivity contribution < 1.29 is 0 Å². The molecule has 1 fully saturated rings. The summed E-state index contributed by atoms with van der Waals surface area (Å²) in [6.45, 7) is 5.54. The van der Waals surface area contributed by atoms with E-state index < -0.39 is 0 Å². The quantitative estimate of drug-likeness (QED) is 0.562. The van der Waals surface area contributed by atoms with Crippen molar-refractivity contribution in [2.45, 2.75) is 6.92 Å². The first kappa shape index (κ1) is 18.3. The van der Waals surface area contributed by atoms with Gasteiger partial charge in [0, 0.05) is 50.0 Å². The molecule has 0 unspecified atom stereocenters. The van der Waals surface area contributed by atoms with Crippen LogP contribution in [0.2, 0.25) is 0 Å². The molecule has 1 aromatic carbocycles. The number of nitrogens with one attached hydrogen (secondary N) is 1. The van der Waals surface area contributed by atoms with Crippen LogP contribution in [0.3, 0.4) is 0 Å². The van der Waals surface area contributed by atoms with Gasteiger partial charge in [-0.15, -0.1) is 0 Å². The standard InChI is InChI=1S/C23H23N7/c1-17-26-20(28-19-8-4-6-18-7-5-11-25-23(18)19)16-22(27-17)30-14-12-29(13-15-30)21-9-2-3-10-24-21/h2-11,16H,12-15H2,1H3,(H,26,27,28). The Kier molecular flexibility index (Phi) is 4.85. The van der Waals surface area contributed by atoms with Crippen molar-refractivity contribution in [3.63, 3.8) is 0 Å². The molecule has 7 nitrogen and oxygen atoms in total. The van der Waals surface area contributed by atoms with Gasteiger partial charge in [0.05, 0.1) is 11.2 Å². The van der Waals surface area contributed by atoms with Gasteiger partial charge in [-0.25, -0.2) is 15.0 Å². The second-order valence-electron chi connectivity index (χ2n) is 7.33. The molecule has 5 rings (SSSR count). The van der Waals surface area contributed by atoms with E-state index >= 15 is 0 Å². The van der Waals surface area contributed by atoms with E-state index in [0.717, 1.165) is 66.0 Å². The summed E-state index contributed by atoms with van der Waals surface area (Å²) in [5.41, 5.74) is 1.87. The van der Waals surface area contributed by atoms with Gasteiger partial charge in [0.15, 0.2) is 0 Å². The fraction of sp³-hybridized carbons (Fsp3) is 0.217. The van der Waals surface area contributed by atoms with Crippen molar-refractivity contribution in [2.24, 2.45) is 0 Å². The molecule has 0 atom stereocenters. The first-order valence-electron chi connectivity index (χ1n) is 10.1. The van der Waals surface area contributed by atoms with Crippen LogP contribution in [0, 0.1) is 6.92 Å². The summed E-state index contributed by atoms with van der Waals surface area (Å²) in [5, 5.41) is 4.54. The SMILES string of the molecule is Cc1nc(Nc2cccc3cccnc23)cc(N2CCN(c3ccccn3)CC2)n1. The van der Waals surface area contributed by atoms with Gasteiger partial charge in [-0.1, -0.05) is 24.3 Å². The number of piperazine rings is 1. The zero-order valence-corrected chi connectivity index (χ0v) is 16.9. The highest BCUT2D eigenvalue weighted by atomic mass is 15.3. The fourth-order valence-corrected chi connectivity index (χ4v) is 3.83. The van der Waals surface area contributed by atoms with Crippen LogP contribution in [0.25, 0.3) is 10.9 Å². The molecule has 0 aliphatic carbocycles. The highest BCUT2D eigenvalue weighted by molar-refractivity contribution is 5.91. The van der Waals surface area contributed by atoms with Crippen molar-refractivity contribution >= 4 is 34.0 Å². The summed E-state index contributed by atoms with van der Waals surface area (Å²) in [4.78, 5) is 22.9. The number of aromatic nitrogens is 4. The smallest absolute Gasteiger partial charge is 0.136 e. The van der Waals surface area contributed by atoms with Gasteiger partial charge < -0.3 is 15.1 Å². The Hall–Kier alpha value is -3.74. The second kappa shape index (κ2) is 7.94. The number of fused-ring (bicyclic) bond motifs is 1. The molecule has 0 radical (unpaired) electrons. The van der Waals surface area contributed by atoms with Gasteiger partial charge in [0.2, 0.25) is 0 Å². The maximum absolute atomic E-state index is 4.68. The van der Waals surface area contributed by atoms with Crippen LogP contribution in [0.4, 0.5) is 23.1 Å². The van der Waals surface area contributed by atoms with E-state index in [2.05, 4.69) is 53.3 Å². The highest BCUT2D eigenvalue weighted by Gasteiger charge is 2.20. The number of nitrogens with zero attached hydrogens (tertiary/aromatic N) is 6. The topological polar surface area (TPSA) is 70.1 Å². The van der Waals surface area contributed by atoms with Crippen molar-refractivity contribution in [1.29, 1.82) is 0 Å². The van der Waals surface area contributed by atoms with E-state index in [9.17, 15) is 0 Å². The highest BCUT2D eigenvalue weighted by Crippen LogP contribution is 2.26. The van der Waals surface area contributed by atoms with Gasteiger partial charge in [0.1, 0.15) is 23.3 Å². The van der Waals surface area contributed by atoms with Crippen molar-refractivity contribution in [1.82, 2.24) is 19.9 Å². The lowest BCUT2D eigenvalue weighted by molar-refractivity contribution is 0.640. The van der Waals surface area contributed by atoms with Gasteiger partial charge >= 0.3 is 0 Å². The molecule has 1 N–H and O–H groups in total. The predicted molar refractivity (Wildman–Crippen MR) is 120 cm³/mol. The Labute approximate surface area is 175 Å². The summed E-state index contributed by atoms with van der Waals surface area (Å²) in [6, 6.07) is 18.2. The van der Waals surface area contributed by atoms with Crippen LogP contribution in [-0.2, 0) is 0 Å². The monoisotopic (exact) mass is 397 g/mol. The maximum Gasteiger partial charge on any atom is 0.136 e. The maximum atomic E-state index is 4.68. The Bertz CT molecular complexity index is 1150. The minimum absolute atomic E-state index is 0.746. The molecular weight excluding hydrogens is 374 g/mol. The molecule has 0 spiro atoms. The van der Waals surface area contributed by atoms with Crippen LogP contribution >= 0.6 is 0 Å². The average Bonchev–Trinajstić information content (AvgIpc) is 2.80. The molecule has 1 aliphatic heterocycles. The number of anilines is 4. The molecule has 4 aromatic rings. The van der Waals surface area contributed by atoms with E-state index in [0.29, 0.717) is 0 Å². The number of para-hydroxylation sites is 1. The van der Waals surface area contributed by atoms with E-state index in [1.165, 1.54) is 0 Å². The minimum Gasteiger partial charge on any atom is -0.353 e.